The molecule has 1 aromatic carbocycles. The number of nitrogens with one attached hydrogen (secondary N) is 1. The molecule has 1 N–H and O–H groups in total. The number of hydrogen-bond donors (Lipinski definition) is 1. The Balaban J connectivity index is 2.85. The zero-order chi connectivity index (χ0) is 12.8. The summed E-state index contributed by atoms with van der Waals surface area (Å²) in [6.45, 7) is 10.5. The van der Waals surface area contributed by atoms with Gasteiger partial charge < -0.3 is 4.98 Å². The largest absolute Gasteiger partial charge is 0.326 e. The fourth-order valence-electron chi connectivity index (χ4n) is 2.29. The molecule has 0 fully saturated rings. The fourth-order valence-corrected chi connectivity index (χ4v) is 2.29. The van der Waals surface area contributed by atoms with Crippen molar-refractivity contribution in [3.05, 3.63) is 34.2 Å². The lowest BCUT2D eigenvalue weighted by atomic mass is 9.86. The van der Waals surface area contributed by atoms with Crippen LogP contribution in [0.15, 0.2) is 23.0 Å². The van der Waals surface area contributed by atoms with Crippen LogP contribution in [0.1, 0.15) is 46.2 Å². The Hall–Kier alpha value is -1.51. The van der Waals surface area contributed by atoms with E-state index in [1.165, 1.54) is 5.56 Å². The lowest BCUT2D eigenvalue weighted by molar-refractivity contribution is 0.594. The number of H-pyrrole nitrogens is 1. The van der Waals surface area contributed by atoms with E-state index in [0.717, 1.165) is 11.0 Å². The SMILES string of the molecule is CC(C)n1c(=O)[nH]c2c(C(C)(C)C)cccc21. The Kier molecular flexibility index (Phi) is 2.64. The summed E-state index contributed by atoms with van der Waals surface area (Å²) in [6, 6.07) is 6.28. The van der Waals surface area contributed by atoms with Crippen molar-refractivity contribution in [3.63, 3.8) is 0 Å². The first-order chi connectivity index (χ1) is 7.82. The molecule has 0 aliphatic rings. The van der Waals surface area contributed by atoms with Crippen molar-refractivity contribution >= 4 is 11.0 Å². The van der Waals surface area contributed by atoms with E-state index in [1.807, 2.05) is 30.5 Å². The van der Waals surface area contributed by atoms with Crippen LogP contribution in [0.2, 0.25) is 0 Å². The quantitative estimate of drug-likeness (QED) is 0.805. The van der Waals surface area contributed by atoms with Gasteiger partial charge in [0.25, 0.3) is 0 Å². The van der Waals surface area contributed by atoms with Gasteiger partial charge >= 0.3 is 5.69 Å². The van der Waals surface area contributed by atoms with Gasteiger partial charge in [0, 0.05) is 6.04 Å². The molecule has 2 aromatic rings. The van der Waals surface area contributed by atoms with E-state index < -0.39 is 0 Å². The molecule has 0 spiro atoms. The maximum absolute atomic E-state index is 12.0. The first kappa shape index (κ1) is 12.0. The maximum atomic E-state index is 12.0. The van der Waals surface area contributed by atoms with E-state index in [4.69, 9.17) is 0 Å². The molecule has 1 aromatic heterocycles. The molecule has 0 saturated heterocycles. The normalized spacial score (nSPS) is 12.6. The molecule has 0 amide bonds. The Morgan fingerprint density at radius 1 is 1.24 bits per heavy atom. The predicted octanol–water partition coefficient (Wildman–Crippen LogP) is 3.21. The molecule has 3 heteroatoms. The van der Waals surface area contributed by atoms with E-state index >= 15 is 0 Å². The molecule has 3 nitrogen and oxygen atoms in total. The number of aromatic amines is 1. The zero-order valence-corrected chi connectivity index (χ0v) is 11.2. The second-order valence-corrected chi connectivity index (χ2v) is 5.84. The van der Waals surface area contributed by atoms with Gasteiger partial charge in [0.05, 0.1) is 11.0 Å². The van der Waals surface area contributed by atoms with E-state index in [2.05, 4.69) is 31.8 Å². The van der Waals surface area contributed by atoms with E-state index in [1.54, 1.807) is 0 Å². The summed E-state index contributed by atoms with van der Waals surface area (Å²) in [5, 5.41) is 0. The van der Waals surface area contributed by atoms with Crippen LogP contribution in [0.3, 0.4) is 0 Å². The number of rotatable bonds is 1. The molecular formula is C14H20N2O. The number of aromatic nitrogens is 2. The minimum absolute atomic E-state index is 0.0216. The van der Waals surface area contributed by atoms with Crippen molar-refractivity contribution in [2.75, 3.05) is 0 Å². The van der Waals surface area contributed by atoms with E-state index in [-0.39, 0.29) is 17.1 Å². The van der Waals surface area contributed by atoms with Crippen LogP contribution in [0, 0.1) is 0 Å². The van der Waals surface area contributed by atoms with Gasteiger partial charge in [-0.25, -0.2) is 4.79 Å². The second kappa shape index (κ2) is 3.76. The van der Waals surface area contributed by atoms with Gasteiger partial charge in [-0.05, 0) is 30.9 Å². The van der Waals surface area contributed by atoms with Gasteiger partial charge in [-0.2, -0.15) is 0 Å². The Morgan fingerprint density at radius 2 is 1.88 bits per heavy atom. The van der Waals surface area contributed by atoms with Crippen LogP contribution in [-0.2, 0) is 5.41 Å². The molecule has 17 heavy (non-hydrogen) atoms. The summed E-state index contributed by atoms with van der Waals surface area (Å²) in [6.07, 6.45) is 0. The van der Waals surface area contributed by atoms with Crippen molar-refractivity contribution < 1.29 is 0 Å². The van der Waals surface area contributed by atoms with Gasteiger partial charge in [-0.1, -0.05) is 32.9 Å². The van der Waals surface area contributed by atoms with Crippen molar-refractivity contribution in [3.8, 4) is 0 Å². The summed E-state index contributed by atoms with van der Waals surface area (Å²) in [7, 11) is 0. The summed E-state index contributed by atoms with van der Waals surface area (Å²) in [5.41, 5.74) is 3.17. The minimum atomic E-state index is -0.0216. The average Bonchev–Trinajstić information content (AvgIpc) is 2.51. The topological polar surface area (TPSA) is 37.8 Å². The molecule has 2 rings (SSSR count). The Morgan fingerprint density at radius 3 is 2.41 bits per heavy atom. The van der Waals surface area contributed by atoms with Gasteiger partial charge in [0.2, 0.25) is 0 Å². The second-order valence-electron chi connectivity index (χ2n) is 5.84. The Bertz CT molecular complexity index is 597. The maximum Gasteiger partial charge on any atom is 0.326 e. The summed E-state index contributed by atoms with van der Waals surface area (Å²) in [5.74, 6) is 0. The van der Waals surface area contributed by atoms with Crippen LogP contribution in [-0.4, -0.2) is 9.55 Å². The van der Waals surface area contributed by atoms with Crippen LogP contribution in [0.5, 0.6) is 0 Å². The number of nitrogens with zero attached hydrogens (tertiary/aromatic N) is 1. The standard InChI is InChI=1S/C14H20N2O/c1-9(2)16-11-8-6-7-10(14(3,4)5)12(11)15-13(16)17/h6-9H,1-5H3,(H,15,17). The molecule has 0 bridgehead atoms. The number of para-hydroxylation sites is 1. The van der Waals surface area contributed by atoms with Crippen molar-refractivity contribution in [1.29, 1.82) is 0 Å². The van der Waals surface area contributed by atoms with Gasteiger partial charge in [-0.3, -0.25) is 4.57 Å². The average molecular weight is 232 g/mol. The molecule has 0 saturated carbocycles. The molecular weight excluding hydrogens is 212 g/mol. The van der Waals surface area contributed by atoms with Gasteiger partial charge in [-0.15, -0.1) is 0 Å². The summed E-state index contributed by atoms with van der Waals surface area (Å²) >= 11 is 0. The first-order valence-corrected chi connectivity index (χ1v) is 6.06. The van der Waals surface area contributed by atoms with Crippen LogP contribution < -0.4 is 5.69 Å². The number of hydrogen-bond acceptors (Lipinski definition) is 1. The van der Waals surface area contributed by atoms with Crippen LogP contribution in [0.4, 0.5) is 0 Å². The zero-order valence-electron chi connectivity index (χ0n) is 11.2. The molecule has 1 heterocycles. The number of fused-ring (bicyclic) bond motifs is 1. The molecule has 0 aliphatic heterocycles. The number of imidazole rings is 1. The lowest BCUT2D eigenvalue weighted by Crippen LogP contribution is -2.18. The smallest absolute Gasteiger partial charge is 0.305 e. The molecule has 92 valence electrons. The van der Waals surface area contributed by atoms with E-state index in [9.17, 15) is 4.79 Å². The molecule has 0 atom stereocenters. The van der Waals surface area contributed by atoms with Crippen LogP contribution >= 0.6 is 0 Å². The van der Waals surface area contributed by atoms with E-state index in [0.29, 0.717) is 0 Å². The summed E-state index contributed by atoms with van der Waals surface area (Å²) < 4.78 is 1.81. The summed E-state index contributed by atoms with van der Waals surface area (Å²) in [4.78, 5) is 15.0. The fraction of sp³-hybridized carbons (Fsp3) is 0.500. The molecule has 0 unspecified atom stereocenters. The highest BCUT2D eigenvalue weighted by Crippen LogP contribution is 2.28. The van der Waals surface area contributed by atoms with Gasteiger partial charge in [0.1, 0.15) is 0 Å². The first-order valence-electron chi connectivity index (χ1n) is 6.06. The monoisotopic (exact) mass is 232 g/mol. The highest BCUT2D eigenvalue weighted by molar-refractivity contribution is 5.80. The van der Waals surface area contributed by atoms with Gasteiger partial charge in [0.15, 0.2) is 0 Å². The third-order valence-corrected chi connectivity index (χ3v) is 3.08. The highest BCUT2D eigenvalue weighted by Gasteiger charge is 2.20. The lowest BCUT2D eigenvalue weighted by Gasteiger charge is -2.19. The number of benzene rings is 1. The third kappa shape index (κ3) is 1.90. The van der Waals surface area contributed by atoms with Crippen LogP contribution in [0.25, 0.3) is 11.0 Å². The van der Waals surface area contributed by atoms with Crippen molar-refractivity contribution in [2.24, 2.45) is 0 Å². The van der Waals surface area contributed by atoms with Crippen molar-refractivity contribution in [1.82, 2.24) is 9.55 Å². The Labute approximate surface area is 101 Å². The minimum Gasteiger partial charge on any atom is -0.305 e. The molecule has 0 aliphatic carbocycles. The van der Waals surface area contributed by atoms with Crippen molar-refractivity contribution in [2.45, 2.75) is 46.1 Å². The predicted molar refractivity (Wildman–Crippen MR) is 71.6 cm³/mol. The third-order valence-electron chi connectivity index (χ3n) is 3.08. The highest BCUT2D eigenvalue weighted by atomic mass is 16.1. The molecule has 0 radical (unpaired) electrons.